The van der Waals surface area contributed by atoms with Crippen LogP contribution in [-0.2, 0) is 14.8 Å². The van der Waals surface area contributed by atoms with Crippen LogP contribution in [0.4, 0.5) is 5.69 Å². The van der Waals surface area contributed by atoms with E-state index in [0.29, 0.717) is 16.3 Å². The lowest BCUT2D eigenvalue weighted by Gasteiger charge is -2.09. The number of anilines is 1. The van der Waals surface area contributed by atoms with Crippen LogP contribution in [0.1, 0.15) is 11.1 Å². The Bertz CT molecular complexity index is 818. The Balaban J connectivity index is 1.99. The summed E-state index contributed by atoms with van der Waals surface area (Å²) in [6.45, 7) is 3.30. The van der Waals surface area contributed by atoms with E-state index >= 15 is 0 Å². The van der Waals surface area contributed by atoms with Crippen LogP contribution in [0.5, 0.6) is 0 Å². The van der Waals surface area contributed by atoms with Crippen molar-refractivity contribution in [1.82, 2.24) is 4.72 Å². The Labute approximate surface area is 140 Å². The van der Waals surface area contributed by atoms with Gasteiger partial charge in [0.05, 0.1) is 11.4 Å². The van der Waals surface area contributed by atoms with Gasteiger partial charge in [0, 0.05) is 10.7 Å². The molecule has 0 saturated heterocycles. The molecule has 2 N–H and O–H groups in total. The molecule has 0 aliphatic carbocycles. The number of hydrogen-bond acceptors (Lipinski definition) is 3. The number of rotatable bonds is 5. The molecule has 0 aliphatic rings. The molecule has 0 radical (unpaired) electrons. The standard InChI is InChI=1S/C16H17ClN2O3S/c1-11-3-5-13(6-4-11)19-16(20)10-18-23(21,22)14-7-8-15(17)12(2)9-14/h3-9,18H,10H2,1-2H3,(H,19,20). The van der Waals surface area contributed by atoms with Gasteiger partial charge in [0.1, 0.15) is 0 Å². The molecule has 0 atom stereocenters. The molecule has 7 heteroatoms. The zero-order valence-electron chi connectivity index (χ0n) is 12.8. The molecule has 0 fully saturated rings. The molecule has 0 aliphatic heterocycles. The molecule has 2 aromatic carbocycles. The number of carbonyl (C=O) groups is 1. The summed E-state index contributed by atoms with van der Waals surface area (Å²) in [5, 5.41) is 3.11. The summed E-state index contributed by atoms with van der Waals surface area (Å²) in [4.78, 5) is 11.9. The average Bonchev–Trinajstić information content (AvgIpc) is 2.50. The van der Waals surface area contributed by atoms with E-state index in [1.54, 1.807) is 19.1 Å². The van der Waals surface area contributed by atoms with E-state index in [1.807, 2.05) is 19.1 Å². The highest BCUT2D eigenvalue weighted by Gasteiger charge is 2.16. The number of amides is 1. The third-order valence-electron chi connectivity index (χ3n) is 3.20. The largest absolute Gasteiger partial charge is 0.325 e. The second kappa shape index (κ2) is 7.12. The van der Waals surface area contributed by atoms with E-state index in [9.17, 15) is 13.2 Å². The number of sulfonamides is 1. The lowest BCUT2D eigenvalue weighted by molar-refractivity contribution is -0.115. The number of hydrogen-bond donors (Lipinski definition) is 2. The third-order valence-corrected chi connectivity index (χ3v) is 5.02. The first-order chi connectivity index (χ1) is 10.8. The SMILES string of the molecule is Cc1ccc(NC(=O)CNS(=O)(=O)c2ccc(Cl)c(C)c2)cc1. The van der Waals surface area contributed by atoms with Gasteiger partial charge in [0.25, 0.3) is 0 Å². The van der Waals surface area contributed by atoms with Gasteiger partial charge in [-0.25, -0.2) is 13.1 Å². The molecule has 0 saturated carbocycles. The molecule has 0 unspecified atom stereocenters. The van der Waals surface area contributed by atoms with Crippen LogP contribution in [0.15, 0.2) is 47.4 Å². The maximum Gasteiger partial charge on any atom is 0.241 e. The van der Waals surface area contributed by atoms with Crippen molar-refractivity contribution in [1.29, 1.82) is 0 Å². The molecular formula is C16H17ClN2O3S. The third kappa shape index (κ3) is 4.79. The van der Waals surface area contributed by atoms with Crippen LogP contribution in [0.3, 0.4) is 0 Å². The maximum atomic E-state index is 12.2. The quantitative estimate of drug-likeness (QED) is 0.868. The Hall–Kier alpha value is -1.89. The van der Waals surface area contributed by atoms with Gasteiger partial charge in [-0.3, -0.25) is 4.79 Å². The number of nitrogens with one attached hydrogen (secondary N) is 2. The summed E-state index contributed by atoms with van der Waals surface area (Å²) in [6.07, 6.45) is 0. The van der Waals surface area contributed by atoms with Crippen molar-refractivity contribution in [2.45, 2.75) is 18.7 Å². The van der Waals surface area contributed by atoms with Crippen molar-refractivity contribution in [2.75, 3.05) is 11.9 Å². The van der Waals surface area contributed by atoms with E-state index in [-0.39, 0.29) is 11.4 Å². The molecule has 0 heterocycles. The molecule has 0 aromatic heterocycles. The van der Waals surface area contributed by atoms with Crippen LogP contribution in [0.25, 0.3) is 0 Å². The van der Waals surface area contributed by atoms with E-state index in [0.717, 1.165) is 5.56 Å². The van der Waals surface area contributed by atoms with Crippen LogP contribution < -0.4 is 10.0 Å². The summed E-state index contributed by atoms with van der Waals surface area (Å²) in [5.41, 5.74) is 2.34. The fraction of sp³-hybridized carbons (Fsp3) is 0.188. The second-order valence-corrected chi connectivity index (χ2v) is 7.32. The number of carbonyl (C=O) groups excluding carboxylic acids is 1. The van der Waals surface area contributed by atoms with Crippen LogP contribution >= 0.6 is 11.6 Å². The molecule has 2 aromatic rings. The lowest BCUT2D eigenvalue weighted by Crippen LogP contribution is -2.32. The zero-order valence-corrected chi connectivity index (χ0v) is 14.3. The van der Waals surface area contributed by atoms with Crippen molar-refractivity contribution in [2.24, 2.45) is 0 Å². The van der Waals surface area contributed by atoms with Crippen molar-refractivity contribution < 1.29 is 13.2 Å². The normalized spacial score (nSPS) is 11.3. The summed E-state index contributed by atoms with van der Waals surface area (Å²) >= 11 is 5.88. The minimum atomic E-state index is -3.76. The topological polar surface area (TPSA) is 75.3 Å². The first-order valence-electron chi connectivity index (χ1n) is 6.90. The van der Waals surface area contributed by atoms with Crippen LogP contribution in [-0.4, -0.2) is 20.9 Å². The number of aryl methyl sites for hydroxylation is 2. The van der Waals surface area contributed by atoms with Gasteiger partial charge in [-0.05, 0) is 49.7 Å². The summed E-state index contributed by atoms with van der Waals surface area (Å²) in [5.74, 6) is -0.442. The zero-order chi connectivity index (χ0) is 17.0. The van der Waals surface area contributed by atoms with Gasteiger partial charge < -0.3 is 5.32 Å². The van der Waals surface area contributed by atoms with Gasteiger partial charge in [0.15, 0.2) is 0 Å². The molecule has 23 heavy (non-hydrogen) atoms. The average molecular weight is 353 g/mol. The van der Waals surface area contributed by atoms with Gasteiger partial charge in [-0.1, -0.05) is 29.3 Å². The summed E-state index contributed by atoms with van der Waals surface area (Å²) in [6, 6.07) is 11.6. The van der Waals surface area contributed by atoms with Crippen LogP contribution in [0.2, 0.25) is 5.02 Å². The van der Waals surface area contributed by atoms with Gasteiger partial charge >= 0.3 is 0 Å². The minimum Gasteiger partial charge on any atom is -0.325 e. The van der Waals surface area contributed by atoms with Crippen molar-refractivity contribution in [3.63, 3.8) is 0 Å². The highest BCUT2D eigenvalue weighted by atomic mass is 35.5. The fourth-order valence-electron chi connectivity index (χ4n) is 1.87. The Kier molecular flexibility index (Phi) is 5.41. The Morgan fingerprint density at radius 1 is 1.09 bits per heavy atom. The Morgan fingerprint density at radius 3 is 2.35 bits per heavy atom. The maximum absolute atomic E-state index is 12.2. The van der Waals surface area contributed by atoms with Gasteiger partial charge in [-0.2, -0.15) is 0 Å². The smallest absolute Gasteiger partial charge is 0.241 e. The predicted molar refractivity (Wildman–Crippen MR) is 91.2 cm³/mol. The number of halogens is 1. The fourth-order valence-corrected chi connectivity index (χ4v) is 3.05. The molecule has 0 bridgehead atoms. The molecule has 122 valence electrons. The first-order valence-corrected chi connectivity index (χ1v) is 8.76. The van der Waals surface area contributed by atoms with Gasteiger partial charge in [-0.15, -0.1) is 0 Å². The van der Waals surface area contributed by atoms with E-state index in [1.165, 1.54) is 18.2 Å². The van der Waals surface area contributed by atoms with Crippen LogP contribution in [0, 0.1) is 13.8 Å². The molecular weight excluding hydrogens is 336 g/mol. The van der Waals surface area contributed by atoms with Crippen molar-refractivity contribution >= 4 is 33.2 Å². The highest BCUT2D eigenvalue weighted by Crippen LogP contribution is 2.19. The summed E-state index contributed by atoms with van der Waals surface area (Å²) in [7, 11) is -3.76. The molecule has 1 amide bonds. The highest BCUT2D eigenvalue weighted by molar-refractivity contribution is 7.89. The molecule has 2 rings (SSSR count). The predicted octanol–water partition coefficient (Wildman–Crippen LogP) is 2.87. The molecule has 0 spiro atoms. The minimum absolute atomic E-state index is 0.0718. The lowest BCUT2D eigenvalue weighted by atomic mass is 10.2. The van der Waals surface area contributed by atoms with E-state index in [2.05, 4.69) is 10.0 Å². The van der Waals surface area contributed by atoms with E-state index in [4.69, 9.17) is 11.6 Å². The second-order valence-electron chi connectivity index (χ2n) is 5.15. The number of benzene rings is 2. The van der Waals surface area contributed by atoms with E-state index < -0.39 is 15.9 Å². The van der Waals surface area contributed by atoms with Crippen molar-refractivity contribution in [3.05, 3.63) is 58.6 Å². The van der Waals surface area contributed by atoms with Gasteiger partial charge in [0.2, 0.25) is 15.9 Å². The monoisotopic (exact) mass is 352 g/mol. The Morgan fingerprint density at radius 2 is 1.74 bits per heavy atom. The first kappa shape index (κ1) is 17.5. The van der Waals surface area contributed by atoms with Crippen molar-refractivity contribution in [3.8, 4) is 0 Å². The molecule has 5 nitrogen and oxygen atoms in total. The summed E-state index contributed by atoms with van der Waals surface area (Å²) < 4.78 is 26.6.